The van der Waals surface area contributed by atoms with Crippen LogP contribution in [0.4, 0.5) is 5.69 Å². The van der Waals surface area contributed by atoms with E-state index < -0.39 is 0 Å². The van der Waals surface area contributed by atoms with Crippen LogP contribution < -0.4 is 11.1 Å². The Labute approximate surface area is 170 Å². The molecule has 3 rings (SSSR count). The summed E-state index contributed by atoms with van der Waals surface area (Å²) < 4.78 is 0. The Morgan fingerprint density at radius 3 is 2.52 bits per heavy atom. The van der Waals surface area contributed by atoms with Crippen molar-refractivity contribution >= 4 is 23.3 Å². The molecule has 1 aliphatic heterocycles. The van der Waals surface area contributed by atoms with E-state index in [0.717, 1.165) is 31.5 Å². The van der Waals surface area contributed by atoms with Gasteiger partial charge in [0.25, 0.3) is 5.91 Å². The van der Waals surface area contributed by atoms with Gasteiger partial charge in [0.15, 0.2) is 0 Å². The highest BCUT2D eigenvalue weighted by Gasteiger charge is 2.20. The minimum absolute atomic E-state index is 0.0243. The van der Waals surface area contributed by atoms with Crippen molar-refractivity contribution in [2.75, 3.05) is 18.4 Å². The molecule has 7 heteroatoms. The number of aromatic hydroxyl groups is 1. The SMILES string of the molecule is Cc1cc(NC(=O)Cc2cc(C(=N)N)ccc2O)ccc1C(=O)N1CCCCC1. The second kappa shape index (κ2) is 8.77. The molecular weight excluding hydrogens is 368 g/mol. The molecule has 1 aliphatic rings. The molecule has 0 saturated carbocycles. The molecule has 0 spiro atoms. The van der Waals surface area contributed by atoms with Crippen LogP contribution in [0.1, 0.15) is 46.3 Å². The van der Waals surface area contributed by atoms with Gasteiger partial charge in [-0.2, -0.15) is 0 Å². The predicted molar refractivity (Wildman–Crippen MR) is 112 cm³/mol. The van der Waals surface area contributed by atoms with Gasteiger partial charge in [-0.15, -0.1) is 0 Å². The number of amides is 2. The van der Waals surface area contributed by atoms with Crippen LogP contribution in [-0.2, 0) is 11.2 Å². The summed E-state index contributed by atoms with van der Waals surface area (Å²) >= 11 is 0. The zero-order valence-corrected chi connectivity index (χ0v) is 16.5. The summed E-state index contributed by atoms with van der Waals surface area (Å²) in [6.45, 7) is 3.44. The van der Waals surface area contributed by atoms with Crippen molar-refractivity contribution in [3.63, 3.8) is 0 Å². The van der Waals surface area contributed by atoms with Gasteiger partial charge in [-0.05, 0) is 68.1 Å². The lowest BCUT2D eigenvalue weighted by atomic mass is 10.0. The number of piperidine rings is 1. The second-order valence-corrected chi connectivity index (χ2v) is 7.36. The number of hydrogen-bond acceptors (Lipinski definition) is 4. The number of hydrogen-bond donors (Lipinski definition) is 4. The van der Waals surface area contributed by atoms with E-state index >= 15 is 0 Å². The van der Waals surface area contributed by atoms with Crippen molar-refractivity contribution in [3.8, 4) is 5.75 Å². The summed E-state index contributed by atoms with van der Waals surface area (Å²) in [7, 11) is 0. The molecule has 29 heavy (non-hydrogen) atoms. The standard InChI is InChI=1S/C22H26N4O3/c1-14-11-17(6-7-18(14)22(29)26-9-3-2-4-10-26)25-20(28)13-16-12-15(21(23)24)5-8-19(16)27/h5-8,11-12,27H,2-4,9-10,13H2,1H3,(H3,23,24)(H,25,28). The number of phenols is 1. The molecular formula is C22H26N4O3. The van der Waals surface area contributed by atoms with E-state index in [1.807, 2.05) is 11.8 Å². The molecule has 0 radical (unpaired) electrons. The third kappa shape index (κ3) is 4.93. The molecule has 2 aromatic rings. The van der Waals surface area contributed by atoms with Crippen molar-refractivity contribution in [2.45, 2.75) is 32.6 Å². The fourth-order valence-electron chi connectivity index (χ4n) is 3.52. The Morgan fingerprint density at radius 2 is 1.86 bits per heavy atom. The van der Waals surface area contributed by atoms with E-state index in [-0.39, 0.29) is 29.8 Å². The smallest absolute Gasteiger partial charge is 0.254 e. The van der Waals surface area contributed by atoms with Gasteiger partial charge in [0.05, 0.1) is 6.42 Å². The van der Waals surface area contributed by atoms with E-state index in [0.29, 0.717) is 22.4 Å². The zero-order chi connectivity index (χ0) is 21.0. The van der Waals surface area contributed by atoms with E-state index in [9.17, 15) is 14.7 Å². The van der Waals surface area contributed by atoms with Crippen LogP contribution >= 0.6 is 0 Å². The summed E-state index contributed by atoms with van der Waals surface area (Å²) in [5.41, 5.74) is 8.35. The van der Waals surface area contributed by atoms with Gasteiger partial charge >= 0.3 is 0 Å². The number of benzene rings is 2. The molecule has 0 unspecified atom stereocenters. The molecule has 0 aliphatic carbocycles. The van der Waals surface area contributed by atoms with Crippen LogP contribution in [-0.4, -0.2) is 40.7 Å². The first-order valence-electron chi connectivity index (χ1n) is 9.71. The third-order valence-electron chi connectivity index (χ3n) is 5.13. The summed E-state index contributed by atoms with van der Waals surface area (Å²) in [4.78, 5) is 27.0. The second-order valence-electron chi connectivity index (χ2n) is 7.36. The van der Waals surface area contributed by atoms with E-state index in [2.05, 4.69) is 5.32 Å². The number of carbonyl (C=O) groups excluding carboxylic acids is 2. The summed E-state index contributed by atoms with van der Waals surface area (Å²) in [6.07, 6.45) is 3.19. The Kier molecular flexibility index (Phi) is 6.16. The highest BCUT2D eigenvalue weighted by atomic mass is 16.3. The van der Waals surface area contributed by atoms with Gasteiger partial charge in [0.2, 0.25) is 5.91 Å². The van der Waals surface area contributed by atoms with Gasteiger partial charge in [-0.1, -0.05) is 0 Å². The van der Waals surface area contributed by atoms with E-state index in [1.165, 1.54) is 24.6 Å². The Hall–Kier alpha value is -3.35. The van der Waals surface area contributed by atoms with Crippen molar-refractivity contribution in [3.05, 3.63) is 58.7 Å². The molecule has 0 atom stereocenters. The number of aryl methyl sites for hydroxylation is 1. The number of rotatable bonds is 5. The Bertz CT molecular complexity index is 949. The number of likely N-dealkylation sites (tertiary alicyclic amines) is 1. The first-order valence-corrected chi connectivity index (χ1v) is 9.71. The topological polar surface area (TPSA) is 120 Å². The number of amidine groups is 1. The van der Waals surface area contributed by atoms with Crippen LogP contribution in [0.3, 0.4) is 0 Å². The van der Waals surface area contributed by atoms with E-state index in [1.54, 1.807) is 18.2 Å². The highest BCUT2D eigenvalue weighted by Crippen LogP contribution is 2.22. The van der Waals surface area contributed by atoms with Gasteiger partial charge < -0.3 is 21.1 Å². The first kappa shape index (κ1) is 20.4. The third-order valence-corrected chi connectivity index (χ3v) is 5.13. The Balaban J connectivity index is 1.68. The van der Waals surface area contributed by atoms with Crippen LogP contribution in [0.2, 0.25) is 0 Å². The van der Waals surface area contributed by atoms with Crippen molar-refractivity contribution in [2.24, 2.45) is 5.73 Å². The van der Waals surface area contributed by atoms with Gasteiger partial charge in [-0.25, -0.2) is 0 Å². The number of nitrogens with two attached hydrogens (primary N) is 1. The number of nitrogen functional groups attached to an aromatic ring is 1. The normalized spacial score (nSPS) is 13.8. The average molecular weight is 394 g/mol. The maximum Gasteiger partial charge on any atom is 0.254 e. The largest absolute Gasteiger partial charge is 0.508 e. The predicted octanol–water partition coefficient (Wildman–Crippen LogP) is 2.79. The number of nitrogens with zero attached hydrogens (tertiary/aromatic N) is 1. The fourth-order valence-corrected chi connectivity index (χ4v) is 3.52. The van der Waals surface area contributed by atoms with Crippen molar-refractivity contribution < 1.29 is 14.7 Å². The zero-order valence-electron chi connectivity index (χ0n) is 16.5. The summed E-state index contributed by atoms with van der Waals surface area (Å²) in [6, 6.07) is 9.72. The fraction of sp³-hybridized carbons (Fsp3) is 0.318. The molecule has 152 valence electrons. The lowest BCUT2D eigenvalue weighted by Gasteiger charge is -2.27. The molecule has 0 aromatic heterocycles. The minimum Gasteiger partial charge on any atom is -0.508 e. The molecule has 7 nitrogen and oxygen atoms in total. The number of carbonyl (C=O) groups is 2. The highest BCUT2D eigenvalue weighted by molar-refractivity contribution is 5.98. The van der Waals surface area contributed by atoms with Crippen LogP contribution in [0.15, 0.2) is 36.4 Å². The molecule has 1 heterocycles. The Morgan fingerprint density at radius 1 is 1.14 bits per heavy atom. The quantitative estimate of drug-likeness (QED) is 0.460. The first-order chi connectivity index (χ1) is 13.8. The summed E-state index contributed by atoms with van der Waals surface area (Å²) in [5, 5.41) is 20.2. The minimum atomic E-state index is -0.310. The summed E-state index contributed by atoms with van der Waals surface area (Å²) in [5.74, 6) is -0.429. The number of anilines is 1. The van der Waals surface area contributed by atoms with Crippen molar-refractivity contribution in [1.29, 1.82) is 5.41 Å². The molecule has 2 aromatic carbocycles. The maximum atomic E-state index is 12.7. The number of nitrogens with one attached hydrogen (secondary N) is 2. The monoisotopic (exact) mass is 394 g/mol. The van der Waals surface area contributed by atoms with Gasteiger partial charge in [0, 0.05) is 35.5 Å². The van der Waals surface area contributed by atoms with Gasteiger partial charge in [-0.3, -0.25) is 15.0 Å². The molecule has 1 fully saturated rings. The van der Waals surface area contributed by atoms with Crippen LogP contribution in [0.5, 0.6) is 5.75 Å². The van der Waals surface area contributed by atoms with E-state index in [4.69, 9.17) is 11.1 Å². The van der Waals surface area contributed by atoms with Crippen LogP contribution in [0, 0.1) is 12.3 Å². The maximum absolute atomic E-state index is 12.7. The van der Waals surface area contributed by atoms with Gasteiger partial charge in [0.1, 0.15) is 11.6 Å². The molecule has 2 amide bonds. The molecule has 0 bridgehead atoms. The number of phenolic OH excluding ortho intramolecular Hbond substituents is 1. The molecule has 5 N–H and O–H groups in total. The molecule has 1 saturated heterocycles. The average Bonchev–Trinajstić information content (AvgIpc) is 2.69. The lowest BCUT2D eigenvalue weighted by Crippen LogP contribution is -2.35. The van der Waals surface area contributed by atoms with Crippen molar-refractivity contribution in [1.82, 2.24) is 4.90 Å². The lowest BCUT2D eigenvalue weighted by molar-refractivity contribution is -0.115. The van der Waals surface area contributed by atoms with Crippen LogP contribution in [0.25, 0.3) is 0 Å².